The number of carbonyl (C=O) groups is 1. The van der Waals surface area contributed by atoms with Gasteiger partial charge in [-0.3, -0.25) is 15.1 Å². The van der Waals surface area contributed by atoms with E-state index in [9.17, 15) is 4.79 Å². The van der Waals surface area contributed by atoms with Crippen LogP contribution in [0.15, 0.2) is 59.9 Å². The molecule has 1 saturated carbocycles. The summed E-state index contributed by atoms with van der Waals surface area (Å²) in [7, 11) is 0. The molecule has 32 heavy (non-hydrogen) atoms. The summed E-state index contributed by atoms with van der Waals surface area (Å²) >= 11 is 0. The number of pyridine rings is 1. The summed E-state index contributed by atoms with van der Waals surface area (Å²) in [6, 6.07) is 12.0. The number of benzene rings is 1. The van der Waals surface area contributed by atoms with E-state index in [0.29, 0.717) is 18.8 Å². The molecule has 0 bridgehead atoms. The molecular weight excluding hydrogens is 402 g/mol. The molecule has 1 aromatic carbocycles. The molecule has 3 N–H and O–H groups in total. The molecule has 1 aliphatic carbocycles. The number of aliphatic carboxylic acids is 1. The Balaban J connectivity index is 1.75. The van der Waals surface area contributed by atoms with E-state index in [1.165, 1.54) is 19.3 Å². The highest BCUT2D eigenvalue weighted by Crippen LogP contribution is 2.26. The third kappa shape index (κ3) is 7.24. The Morgan fingerprint density at radius 3 is 2.62 bits per heavy atom. The molecule has 7 nitrogen and oxygen atoms in total. The molecule has 7 heteroatoms. The van der Waals surface area contributed by atoms with Crippen molar-refractivity contribution in [2.75, 3.05) is 5.32 Å². The normalized spacial score (nSPS) is 15.1. The molecule has 0 spiro atoms. The Labute approximate surface area is 188 Å². The summed E-state index contributed by atoms with van der Waals surface area (Å²) < 4.78 is 0. The molecule has 3 rings (SSSR count). The van der Waals surface area contributed by atoms with Crippen molar-refractivity contribution in [1.82, 2.24) is 10.3 Å². The van der Waals surface area contributed by atoms with E-state index in [1.54, 1.807) is 12.4 Å². The van der Waals surface area contributed by atoms with Crippen LogP contribution in [-0.4, -0.2) is 28.1 Å². The average molecular weight is 432 g/mol. The third-order valence-corrected chi connectivity index (χ3v) is 5.44. The highest BCUT2D eigenvalue weighted by molar-refractivity contribution is 5.95. The summed E-state index contributed by atoms with van der Waals surface area (Å²) in [4.78, 5) is 19.7. The Morgan fingerprint density at radius 2 is 1.97 bits per heavy atom. The summed E-state index contributed by atoms with van der Waals surface area (Å²) in [5, 5.41) is 23.9. The van der Waals surface area contributed by atoms with Crippen molar-refractivity contribution in [3.63, 3.8) is 0 Å². The molecule has 0 atom stereocenters. The highest BCUT2D eigenvalue weighted by atomic mass is 16.4. The molecule has 0 radical (unpaired) electrons. The van der Waals surface area contributed by atoms with Gasteiger partial charge in [0.2, 0.25) is 5.96 Å². The molecule has 0 aliphatic heterocycles. The van der Waals surface area contributed by atoms with Crippen LogP contribution in [0, 0.1) is 11.5 Å². The molecule has 2 aromatic rings. The van der Waals surface area contributed by atoms with Gasteiger partial charge in [0.15, 0.2) is 6.19 Å². The maximum Gasteiger partial charge on any atom is 0.303 e. The largest absolute Gasteiger partial charge is 0.481 e. The Kier molecular flexibility index (Phi) is 8.81. The minimum Gasteiger partial charge on any atom is -0.481 e. The zero-order chi connectivity index (χ0) is 22.6. The van der Waals surface area contributed by atoms with Gasteiger partial charge in [-0.1, -0.05) is 43.5 Å². The summed E-state index contributed by atoms with van der Waals surface area (Å²) in [5.74, 6) is -0.308. The number of anilines is 1. The number of hydrogen-bond donors (Lipinski definition) is 3. The fraction of sp³-hybridized carbons (Fsp3) is 0.360. The first-order valence-corrected chi connectivity index (χ1v) is 11.1. The zero-order valence-corrected chi connectivity index (χ0v) is 18.1. The van der Waals surface area contributed by atoms with Crippen molar-refractivity contribution >= 4 is 23.2 Å². The quantitative estimate of drug-likeness (QED) is 0.179. The van der Waals surface area contributed by atoms with Crippen molar-refractivity contribution in [3.8, 4) is 6.19 Å². The second kappa shape index (κ2) is 12.3. The number of carboxylic acid groups (broad SMARTS) is 1. The average Bonchev–Trinajstić information content (AvgIpc) is 2.81. The van der Waals surface area contributed by atoms with Crippen LogP contribution >= 0.6 is 0 Å². The topological polar surface area (TPSA) is 110 Å². The Bertz CT molecular complexity index is 972. The van der Waals surface area contributed by atoms with Crippen LogP contribution in [0.5, 0.6) is 0 Å². The van der Waals surface area contributed by atoms with Gasteiger partial charge in [-0.05, 0) is 55.0 Å². The number of aliphatic imine (C=N–C) groups is 1. The Morgan fingerprint density at radius 1 is 1.19 bits per heavy atom. The number of nitrogens with one attached hydrogen (secondary N) is 2. The second-order valence-corrected chi connectivity index (χ2v) is 7.85. The predicted molar refractivity (Wildman–Crippen MR) is 126 cm³/mol. The number of nitrogens with zero attached hydrogens (tertiary/aromatic N) is 3. The van der Waals surface area contributed by atoms with E-state index in [0.717, 1.165) is 35.2 Å². The smallest absolute Gasteiger partial charge is 0.303 e. The first-order chi connectivity index (χ1) is 15.7. The van der Waals surface area contributed by atoms with Crippen LogP contribution in [-0.2, 0) is 4.79 Å². The lowest BCUT2D eigenvalue weighted by molar-refractivity contribution is -0.137. The monoisotopic (exact) mass is 431 g/mol. The number of hydrogen-bond acceptors (Lipinski definition) is 4. The van der Waals surface area contributed by atoms with Crippen molar-refractivity contribution < 1.29 is 9.90 Å². The SMILES string of the molecule is N#CNC(=NC1CCCCC1)Nc1ccc(C(=CCCCC(=O)O)c2cccnc2)cc1. The van der Waals surface area contributed by atoms with Gasteiger partial charge in [-0.15, -0.1) is 0 Å². The molecule has 1 heterocycles. The van der Waals surface area contributed by atoms with Crippen molar-refractivity contribution in [2.24, 2.45) is 4.99 Å². The minimum atomic E-state index is -0.784. The minimum absolute atomic E-state index is 0.147. The first kappa shape index (κ1) is 23.0. The fourth-order valence-corrected chi connectivity index (χ4v) is 3.84. The summed E-state index contributed by atoms with van der Waals surface area (Å²) in [6.07, 6.45) is 14.7. The molecule has 1 aromatic heterocycles. The van der Waals surface area contributed by atoms with Crippen LogP contribution in [0.3, 0.4) is 0 Å². The van der Waals surface area contributed by atoms with E-state index in [4.69, 9.17) is 15.4 Å². The lowest BCUT2D eigenvalue weighted by Gasteiger charge is -2.19. The number of unbranched alkanes of at least 4 members (excludes halogenated alkanes) is 1. The molecule has 0 unspecified atom stereocenters. The lowest BCUT2D eigenvalue weighted by Crippen LogP contribution is -2.29. The van der Waals surface area contributed by atoms with E-state index in [-0.39, 0.29) is 12.5 Å². The maximum atomic E-state index is 10.8. The highest BCUT2D eigenvalue weighted by Gasteiger charge is 2.13. The summed E-state index contributed by atoms with van der Waals surface area (Å²) in [5.41, 5.74) is 3.84. The van der Waals surface area contributed by atoms with Gasteiger partial charge < -0.3 is 10.4 Å². The van der Waals surface area contributed by atoms with E-state index >= 15 is 0 Å². The molecule has 1 aliphatic rings. The third-order valence-electron chi connectivity index (χ3n) is 5.44. The van der Waals surface area contributed by atoms with Gasteiger partial charge in [0.1, 0.15) is 0 Å². The van der Waals surface area contributed by atoms with Gasteiger partial charge in [0, 0.05) is 30.1 Å². The molecule has 0 amide bonds. The van der Waals surface area contributed by atoms with Gasteiger partial charge in [0.25, 0.3) is 0 Å². The van der Waals surface area contributed by atoms with Crippen LogP contribution in [0.1, 0.15) is 62.5 Å². The van der Waals surface area contributed by atoms with Crippen molar-refractivity contribution in [2.45, 2.75) is 57.4 Å². The van der Waals surface area contributed by atoms with Gasteiger partial charge >= 0.3 is 5.97 Å². The predicted octanol–water partition coefficient (Wildman–Crippen LogP) is 4.94. The fourth-order valence-electron chi connectivity index (χ4n) is 3.84. The van der Waals surface area contributed by atoms with E-state index in [1.807, 2.05) is 42.6 Å². The number of nitriles is 1. The number of rotatable bonds is 8. The Hall–Kier alpha value is -3.66. The van der Waals surface area contributed by atoms with Crippen LogP contribution in [0.2, 0.25) is 0 Å². The van der Waals surface area contributed by atoms with Crippen molar-refractivity contribution in [3.05, 3.63) is 66.0 Å². The number of guanidine groups is 1. The van der Waals surface area contributed by atoms with Crippen LogP contribution < -0.4 is 10.6 Å². The molecule has 166 valence electrons. The number of aromatic nitrogens is 1. The molecular formula is C25H29N5O2. The lowest BCUT2D eigenvalue weighted by atomic mass is 9.96. The van der Waals surface area contributed by atoms with E-state index < -0.39 is 5.97 Å². The standard InChI is InChI=1S/C25H29N5O2/c26-18-28-25(29-21-8-2-1-3-9-21)30-22-14-12-19(13-15-22)23(10-4-5-11-24(31)32)20-7-6-16-27-17-20/h6-7,10,12-17,21H,1-5,8-9,11H2,(H,31,32)(H2,28,29,30). The molecule has 1 fully saturated rings. The van der Waals surface area contributed by atoms with E-state index in [2.05, 4.69) is 21.7 Å². The zero-order valence-electron chi connectivity index (χ0n) is 18.1. The molecule has 0 saturated heterocycles. The van der Waals surface area contributed by atoms with Gasteiger partial charge in [-0.2, -0.15) is 5.26 Å². The second-order valence-electron chi connectivity index (χ2n) is 7.85. The maximum absolute atomic E-state index is 10.8. The van der Waals surface area contributed by atoms with Gasteiger partial charge in [-0.25, -0.2) is 4.99 Å². The van der Waals surface area contributed by atoms with Crippen LogP contribution in [0.25, 0.3) is 5.57 Å². The first-order valence-electron chi connectivity index (χ1n) is 11.1. The van der Waals surface area contributed by atoms with Crippen molar-refractivity contribution in [1.29, 1.82) is 5.26 Å². The van der Waals surface area contributed by atoms with Crippen LogP contribution in [0.4, 0.5) is 5.69 Å². The number of carboxylic acids is 1. The summed E-state index contributed by atoms with van der Waals surface area (Å²) in [6.45, 7) is 0. The van der Waals surface area contributed by atoms with Gasteiger partial charge in [0.05, 0.1) is 6.04 Å². The number of allylic oxidation sites excluding steroid dienone is 1.